The molecule has 0 aliphatic heterocycles. The van der Waals surface area contributed by atoms with E-state index in [1.54, 1.807) is 6.26 Å². The summed E-state index contributed by atoms with van der Waals surface area (Å²) in [6, 6.07) is 0. The Morgan fingerprint density at radius 1 is 1.67 bits per heavy atom. The molecular weight excluding hydrogens is 139 g/mol. The fraction of sp³-hybridized carbons (Fsp3) is 1.00. The van der Waals surface area contributed by atoms with Crippen molar-refractivity contribution in [3.8, 4) is 0 Å². The van der Waals surface area contributed by atoms with Crippen molar-refractivity contribution < 1.29 is 9.79 Å². The lowest BCUT2D eigenvalue weighted by atomic mass is 12.0. The van der Waals surface area contributed by atoms with Gasteiger partial charge < -0.3 is 9.79 Å². The molecule has 0 atom stereocenters. The molecule has 2 N–H and O–H groups in total. The second-order valence-corrected chi connectivity index (χ2v) is 6.86. The second-order valence-electron chi connectivity index (χ2n) is 0.673. The highest BCUT2D eigenvalue weighted by Gasteiger charge is 1.99. The third kappa shape index (κ3) is 4.92. The van der Waals surface area contributed by atoms with E-state index in [-0.39, 0.29) is 0 Å². The van der Waals surface area contributed by atoms with E-state index >= 15 is 0 Å². The second kappa shape index (κ2) is 2.28. The summed E-state index contributed by atoms with van der Waals surface area (Å²) in [4.78, 5) is 16.5. The summed E-state index contributed by atoms with van der Waals surface area (Å²) in [5.74, 6) is 0. The molecule has 0 fully saturated rings. The summed E-state index contributed by atoms with van der Waals surface area (Å²) in [6.07, 6.45) is 1.57. The van der Waals surface area contributed by atoms with Crippen LogP contribution in [0.2, 0.25) is 0 Å². The number of hydrogen-bond donors (Lipinski definition) is 2. The van der Waals surface area contributed by atoms with Crippen LogP contribution < -0.4 is 0 Å². The van der Waals surface area contributed by atoms with Gasteiger partial charge in [0.15, 0.2) is 0 Å². The van der Waals surface area contributed by atoms with Crippen molar-refractivity contribution >= 4 is 28.9 Å². The van der Waals surface area contributed by atoms with Gasteiger partial charge in [-0.05, 0) is 18.1 Å². The normalized spacial score (nSPS) is 11.8. The van der Waals surface area contributed by atoms with Crippen molar-refractivity contribution in [2.24, 2.45) is 0 Å². The lowest BCUT2D eigenvalue weighted by Crippen LogP contribution is -1.61. The molecule has 0 aromatic rings. The minimum Gasteiger partial charge on any atom is -0.338 e. The molecule has 0 heterocycles. The van der Waals surface area contributed by atoms with Crippen molar-refractivity contribution in [3.63, 3.8) is 0 Å². The van der Waals surface area contributed by atoms with Crippen molar-refractivity contribution in [1.82, 2.24) is 0 Å². The Morgan fingerprint density at radius 2 is 1.83 bits per heavy atom. The van der Waals surface area contributed by atoms with Crippen molar-refractivity contribution in [2.75, 3.05) is 6.26 Å². The maximum Gasteiger partial charge on any atom is 0.241 e. The van der Waals surface area contributed by atoms with E-state index in [4.69, 9.17) is 9.79 Å². The Morgan fingerprint density at radius 3 is 1.83 bits per heavy atom. The van der Waals surface area contributed by atoms with E-state index in [0.29, 0.717) is 0 Å². The standard InChI is InChI=1S/CH5O2PS2/c1-6-4(2,3)5/h1H3,(H2,2,3,5). The average molecular weight is 144 g/mol. The molecule has 0 amide bonds. The van der Waals surface area contributed by atoms with Gasteiger partial charge in [0.2, 0.25) is 5.69 Å². The molecule has 0 spiro atoms. The summed E-state index contributed by atoms with van der Waals surface area (Å²) in [5, 5.41) is 0. The van der Waals surface area contributed by atoms with Crippen LogP contribution >= 0.6 is 17.1 Å². The molecule has 0 radical (unpaired) electrons. The molecule has 5 heteroatoms. The third-order valence-electron chi connectivity index (χ3n) is 0.238. The minimum atomic E-state index is -2.90. The fourth-order valence-electron chi connectivity index (χ4n) is 0. The summed E-state index contributed by atoms with van der Waals surface area (Å²) in [5.41, 5.74) is -2.90. The van der Waals surface area contributed by atoms with Crippen LogP contribution in [0, 0.1) is 0 Å². The van der Waals surface area contributed by atoms with Crippen molar-refractivity contribution in [1.29, 1.82) is 0 Å². The molecule has 0 saturated heterocycles. The van der Waals surface area contributed by atoms with Gasteiger partial charge in [-0.15, -0.1) is 0 Å². The van der Waals surface area contributed by atoms with Gasteiger partial charge in [0, 0.05) is 0 Å². The Balaban J connectivity index is 3.48. The van der Waals surface area contributed by atoms with Gasteiger partial charge in [-0.1, -0.05) is 11.4 Å². The number of hydrogen-bond acceptors (Lipinski definition) is 2. The third-order valence-corrected chi connectivity index (χ3v) is 3.48. The van der Waals surface area contributed by atoms with E-state index in [1.807, 2.05) is 0 Å². The lowest BCUT2D eigenvalue weighted by molar-refractivity contribution is 0.502. The molecule has 2 nitrogen and oxygen atoms in total. The smallest absolute Gasteiger partial charge is 0.241 e. The molecule has 0 unspecified atom stereocenters. The van der Waals surface area contributed by atoms with Crippen LogP contribution in [0.1, 0.15) is 0 Å². The Bertz CT molecular complexity index is 75.6. The van der Waals surface area contributed by atoms with Gasteiger partial charge >= 0.3 is 0 Å². The quantitative estimate of drug-likeness (QED) is 0.527. The van der Waals surface area contributed by atoms with Crippen molar-refractivity contribution in [2.45, 2.75) is 0 Å². The lowest BCUT2D eigenvalue weighted by Gasteiger charge is -1.97. The Labute approximate surface area is 45.5 Å². The summed E-state index contributed by atoms with van der Waals surface area (Å²) in [7, 11) is 0. The van der Waals surface area contributed by atoms with Gasteiger partial charge in [0.1, 0.15) is 0 Å². The van der Waals surface area contributed by atoms with E-state index in [0.717, 1.165) is 11.4 Å². The first-order valence-electron chi connectivity index (χ1n) is 1.17. The minimum absolute atomic E-state index is 0.919. The molecule has 0 bridgehead atoms. The predicted molar refractivity (Wildman–Crippen MR) is 32.2 cm³/mol. The molecule has 0 rings (SSSR count). The molecule has 0 aliphatic carbocycles. The summed E-state index contributed by atoms with van der Waals surface area (Å²) in [6.45, 7) is 0. The zero-order chi connectivity index (χ0) is 5.21. The van der Waals surface area contributed by atoms with Crippen LogP contribution in [-0.4, -0.2) is 16.0 Å². The average Bonchev–Trinajstić information content (AvgIpc) is 1.35. The van der Waals surface area contributed by atoms with Gasteiger partial charge in [-0.2, -0.15) is 0 Å². The van der Waals surface area contributed by atoms with Crippen molar-refractivity contribution in [3.05, 3.63) is 0 Å². The Hall–Kier alpha value is 0.920. The topological polar surface area (TPSA) is 40.5 Å². The predicted octanol–water partition coefficient (Wildman–Crippen LogP) is 0.558. The Kier molecular flexibility index (Phi) is 2.63. The van der Waals surface area contributed by atoms with E-state index in [1.165, 1.54) is 0 Å². The molecule has 0 aromatic carbocycles. The first kappa shape index (κ1) is 6.92. The SMILES string of the molecule is CSP(O)(O)=S. The molecule has 0 aliphatic rings. The van der Waals surface area contributed by atoms with Crippen LogP contribution in [0.4, 0.5) is 0 Å². The van der Waals surface area contributed by atoms with Crippen LogP contribution in [0.5, 0.6) is 0 Å². The molecular formula is CH5O2PS2. The highest BCUT2D eigenvalue weighted by molar-refractivity contribution is 8.67. The van der Waals surface area contributed by atoms with Gasteiger partial charge in [0.25, 0.3) is 0 Å². The van der Waals surface area contributed by atoms with Gasteiger partial charge in [-0.3, -0.25) is 0 Å². The zero-order valence-electron chi connectivity index (χ0n) is 3.16. The van der Waals surface area contributed by atoms with Crippen LogP contribution in [0.25, 0.3) is 0 Å². The first-order valence-corrected chi connectivity index (χ1v) is 5.71. The maximum absolute atomic E-state index is 8.27. The summed E-state index contributed by atoms with van der Waals surface area (Å²) >= 11 is 5.09. The fourth-order valence-corrected chi connectivity index (χ4v) is 0. The summed E-state index contributed by atoms with van der Waals surface area (Å²) < 4.78 is 0. The highest BCUT2D eigenvalue weighted by Crippen LogP contribution is 2.48. The maximum atomic E-state index is 8.27. The zero-order valence-corrected chi connectivity index (χ0v) is 5.69. The largest absolute Gasteiger partial charge is 0.338 e. The molecule has 0 saturated carbocycles. The van der Waals surface area contributed by atoms with E-state index in [2.05, 4.69) is 11.8 Å². The van der Waals surface area contributed by atoms with Crippen LogP contribution in [0.15, 0.2) is 0 Å². The van der Waals surface area contributed by atoms with E-state index in [9.17, 15) is 0 Å². The monoisotopic (exact) mass is 144 g/mol. The van der Waals surface area contributed by atoms with Gasteiger partial charge in [-0.25, -0.2) is 0 Å². The molecule has 38 valence electrons. The van der Waals surface area contributed by atoms with Crippen LogP contribution in [0.3, 0.4) is 0 Å². The van der Waals surface area contributed by atoms with E-state index < -0.39 is 5.69 Å². The number of rotatable bonds is 1. The van der Waals surface area contributed by atoms with Crippen LogP contribution in [-0.2, 0) is 11.8 Å². The van der Waals surface area contributed by atoms with Gasteiger partial charge in [0.05, 0.1) is 0 Å². The first-order chi connectivity index (χ1) is 2.56. The molecule has 6 heavy (non-hydrogen) atoms. The highest BCUT2D eigenvalue weighted by atomic mass is 32.9. The molecule has 0 aromatic heterocycles.